The van der Waals surface area contributed by atoms with Crippen LogP contribution in [0.2, 0.25) is 0 Å². The maximum absolute atomic E-state index is 11.8. The Kier molecular flexibility index (Phi) is 8.17. The highest BCUT2D eigenvalue weighted by atomic mass is 16.5. The van der Waals surface area contributed by atoms with E-state index in [2.05, 4.69) is 12.2 Å². The van der Waals surface area contributed by atoms with E-state index in [-0.39, 0.29) is 18.0 Å². The maximum atomic E-state index is 11.8. The average Bonchev–Trinajstić information content (AvgIpc) is 2.48. The summed E-state index contributed by atoms with van der Waals surface area (Å²) >= 11 is 0. The summed E-state index contributed by atoms with van der Waals surface area (Å²) in [5.74, 6) is -0.284. The zero-order valence-corrected chi connectivity index (χ0v) is 12.9. The molecule has 1 aromatic carbocycles. The highest BCUT2D eigenvalue weighted by Gasteiger charge is 2.13. The predicted octanol–water partition coefficient (Wildman–Crippen LogP) is 3.20. The molecule has 1 amide bonds. The van der Waals surface area contributed by atoms with E-state index in [1.165, 1.54) is 6.92 Å². The van der Waals surface area contributed by atoms with Gasteiger partial charge >= 0.3 is 5.97 Å². The maximum Gasteiger partial charge on any atom is 0.302 e. The molecule has 116 valence electrons. The van der Waals surface area contributed by atoms with Gasteiger partial charge in [0.25, 0.3) is 0 Å². The third-order valence-electron chi connectivity index (χ3n) is 3.24. The van der Waals surface area contributed by atoms with E-state index in [1.807, 2.05) is 30.3 Å². The third-order valence-corrected chi connectivity index (χ3v) is 3.24. The SMILES string of the molecule is CCCC[C@H](CCC(=O)NCc1ccccc1)OC(C)=O. The summed E-state index contributed by atoms with van der Waals surface area (Å²) < 4.78 is 5.25. The molecule has 0 saturated carbocycles. The number of hydrogen-bond acceptors (Lipinski definition) is 3. The van der Waals surface area contributed by atoms with Crippen LogP contribution >= 0.6 is 0 Å². The molecular formula is C17H25NO3. The molecule has 21 heavy (non-hydrogen) atoms. The van der Waals surface area contributed by atoms with Crippen LogP contribution in [0.1, 0.15) is 51.5 Å². The van der Waals surface area contributed by atoms with Crippen molar-refractivity contribution in [3.05, 3.63) is 35.9 Å². The molecule has 1 N–H and O–H groups in total. The minimum Gasteiger partial charge on any atom is -0.463 e. The molecule has 0 bridgehead atoms. The lowest BCUT2D eigenvalue weighted by Crippen LogP contribution is -2.25. The molecule has 0 unspecified atom stereocenters. The first-order valence-electron chi connectivity index (χ1n) is 7.59. The van der Waals surface area contributed by atoms with Crippen molar-refractivity contribution >= 4 is 11.9 Å². The van der Waals surface area contributed by atoms with E-state index < -0.39 is 0 Å². The summed E-state index contributed by atoms with van der Waals surface area (Å²) in [6.45, 7) is 4.04. The van der Waals surface area contributed by atoms with Gasteiger partial charge in [-0.25, -0.2) is 0 Å². The van der Waals surface area contributed by atoms with Crippen molar-refractivity contribution in [2.24, 2.45) is 0 Å². The van der Waals surface area contributed by atoms with E-state index in [4.69, 9.17) is 4.74 Å². The molecule has 1 rings (SSSR count). The van der Waals surface area contributed by atoms with Gasteiger partial charge in [0, 0.05) is 19.9 Å². The van der Waals surface area contributed by atoms with Gasteiger partial charge in [0.1, 0.15) is 6.10 Å². The van der Waals surface area contributed by atoms with Crippen molar-refractivity contribution in [1.82, 2.24) is 5.32 Å². The first-order valence-corrected chi connectivity index (χ1v) is 7.59. The standard InChI is InChI=1S/C17H25NO3/c1-3-4-10-16(21-14(2)19)11-12-17(20)18-13-15-8-6-5-7-9-15/h5-9,16H,3-4,10-13H2,1-2H3,(H,18,20)/t16-/m1/s1. The van der Waals surface area contributed by atoms with Crippen molar-refractivity contribution in [3.63, 3.8) is 0 Å². The lowest BCUT2D eigenvalue weighted by atomic mass is 10.1. The summed E-state index contributed by atoms with van der Waals surface area (Å²) in [7, 11) is 0. The number of nitrogens with one attached hydrogen (secondary N) is 1. The van der Waals surface area contributed by atoms with Crippen LogP contribution < -0.4 is 5.32 Å². The van der Waals surface area contributed by atoms with E-state index in [0.29, 0.717) is 19.4 Å². The average molecular weight is 291 g/mol. The first kappa shape index (κ1) is 17.2. The fraction of sp³-hybridized carbons (Fsp3) is 0.529. The van der Waals surface area contributed by atoms with Crippen LogP contribution in [0.5, 0.6) is 0 Å². The van der Waals surface area contributed by atoms with Gasteiger partial charge in [0.05, 0.1) is 0 Å². The van der Waals surface area contributed by atoms with Gasteiger partial charge in [0.2, 0.25) is 5.91 Å². The normalized spacial score (nSPS) is 11.7. The van der Waals surface area contributed by atoms with Crippen LogP contribution in [0, 0.1) is 0 Å². The minimum absolute atomic E-state index is 0.00694. The number of carbonyl (C=O) groups is 2. The number of benzene rings is 1. The van der Waals surface area contributed by atoms with E-state index >= 15 is 0 Å². The fourth-order valence-electron chi connectivity index (χ4n) is 2.11. The molecule has 0 aromatic heterocycles. The smallest absolute Gasteiger partial charge is 0.302 e. The summed E-state index contributed by atoms with van der Waals surface area (Å²) in [6, 6.07) is 9.79. The Morgan fingerprint density at radius 3 is 2.52 bits per heavy atom. The quantitative estimate of drug-likeness (QED) is 0.711. The van der Waals surface area contributed by atoms with Crippen LogP contribution in [-0.2, 0) is 20.9 Å². The monoisotopic (exact) mass is 291 g/mol. The Morgan fingerprint density at radius 1 is 1.19 bits per heavy atom. The number of esters is 1. The van der Waals surface area contributed by atoms with Crippen molar-refractivity contribution in [2.75, 3.05) is 0 Å². The van der Waals surface area contributed by atoms with Gasteiger partial charge < -0.3 is 10.1 Å². The highest BCUT2D eigenvalue weighted by molar-refractivity contribution is 5.75. The summed E-state index contributed by atoms with van der Waals surface area (Å²) in [5.41, 5.74) is 1.08. The third kappa shape index (κ3) is 8.12. The Balaban J connectivity index is 2.29. The van der Waals surface area contributed by atoms with Crippen LogP contribution in [0.15, 0.2) is 30.3 Å². The molecular weight excluding hydrogens is 266 g/mol. The molecule has 0 saturated heterocycles. The molecule has 0 aliphatic rings. The molecule has 4 heteroatoms. The van der Waals surface area contributed by atoms with Gasteiger partial charge in [-0.05, 0) is 18.4 Å². The molecule has 0 aliphatic carbocycles. The highest BCUT2D eigenvalue weighted by Crippen LogP contribution is 2.11. The minimum atomic E-state index is -0.277. The lowest BCUT2D eigenvalue weighted by Gasteiger charge is -2.16. The Labute approximate surface area is 126 Å². The van der Waals surface area contributed by atoms with Gasteiger partial charge in [0.15, 0.2) is 0 Å². The number of amides is 1. The second-order valence-corrected chi connectivity index (χ2v) is 5.17. The zero-order valence-electron chi connectivity index (χ0n) is 12.9. The molecule has 0 aliphatic heterocycles. The zero-order chi connectivity index (χ0) is 15.5. The number of carbonyl (C=O) groups excluding carboxylic acids is 2. The second-order valence-electron chi connectivity index (χ2n) is 5.17. The Hall–Kier alpha value is -1.84. The number of ether oxygens (including phenoxy) is 1. The first-order chi connectivity index (χ1) is 10.1. The molecule has 1 aromatic rings. The topological polar surface area (TPSA) is 55.4 Å². The number of unbranched alkanes of at least 4 members (excludes halogenated alkanes) is 1. The fourth-order valence-corrected chi connectivity index (χ4v) is 2.11. The van der Waals surface area contributed by atoms with E-state index in [1.54, 1.807) is 0 Å². The van der Waals surface area contributed by atoms with Crippen LogP contribution in [-0.4, -0.2) is 18.0 Å². The second kappa shape index (κ2) is 9.97. The molecule has 0 fully saturated rings. The van der Waals surface area contributed by atoms with Gasteiger partial charge in [-0.2, -0.15) is 0 Å². The van der Waals surface area contributed by atoms with E-state index in [9.17, 15) is 9.59 Å². The van der Waals surface area contributed by atoms with Gasteiger partial charge in [-0.1, -0.05) is 50.1 Å². The van der Waals surface area contributed by atoms with Crippen molar-refractivity contribution in [1.29, 1.82) is 0 Å². The number of hydrogen-bond donors (Lipinski definition) is 1. The number of rotatable bonds is 9. The van der Waals surface area contributed by atoms with Crippen LogP contribution in [0.3, 0.4) is 0 Å². The van der Waals surface area contributed by atoms with Crippen molar-refractivity contribution in [3.8, 4) is 0 Å². The van der Waals surface area contributed by atoms with Crippen LogP contribution in [0.4, 0.5) is 0 Å². The molecule has 0 spiro atoms. The van der Waals surface area contributed by atoms with Gasteiger partial charge in [-0.15, -0.1) is 0 Å². The van der Waals surface area contributed by atoms with Crippen molar-refractivity contribution < 1.29 is 14.3 Å². The molecule has 1 atom stereocenters. The molecule has 4 nitrogen and oxygen atoms in total. The predicted molar refractivity (Wildman–Crippen MR) is 82.6 cm³/mol. The molecule has 0 radical (unpaired) electrons. The summed E-state index contributed by atoms with van der Waals surface area (Å²) in [6.07, 6.45) is 3.70. The Bertz CT molecular complexity index is 431. The summed E-state index contributed by atoms with van der Waals surface area (Å²) in [5, 5.41) is 2.88. The lowest BCUT2D eigenvalue weighted by molar-refractivity contribution is -0.147. The Morgan fingerprint density at radius 2 is 1.90 bits per heavy atom. The van der Waals surface area contributed by atoms with Gasteiger partial charge in [-0.3, -0.25) is 9.59 Å². The largest absolute Gasteiger partial charge is 0.463 e. The van der Waals surface area contributed by atoms with E-state index in [0.717, 1.165) is 24.8 Å². The molecule has 0 heterocycles. The van der Waals surface area contributed by atoms with Crippen molar-refractivity contribution in [2.45, 2.75) is 58.6 Å². The summed E-state index contributed by atoms with van der Waals surface area (Å²) in [4.78, 5) is 22.9. The van der Waals surface area contributed by atoms with Crippen LogP contribution in [0.25, 0.3) is 0 Å².